The first-order valence-corrected chi connectivity index (χ1v) is 13.2. The van der Waals surface area contributed by atoms with E-state index in [2.05, 4.69) is 14.9 Å². The summed E-state index contributed by atoms with van der Waals surface area (Å²) in [4.78, 5) is 4.47. The number of benzene rings is 2. The van der Waals surface area contributed by atoms with Crippen LogP contribution in [0.5, 0.6) is 0 Å². The van der Waals surface area contributed by atoms with Crippen LogP contribution in [0.3, 0.4) is 0 Å². The predicted molar refractivity (Wildman–Crippen MR) is 132 cm³/mol. The second kappa shape index (κ2) is 8.20. The first kappa shape index (κ1) is 23.6. The van der Waals surface area contributed by atoms with Gasteiger partial charge in [-0.3, -0.25) is 4.90 Å². The van der Waals surface area contributed by atoms with Crippen LogP contribution in [-0.2, 0) is 10.0 Å². The number of aromatic nitrogens is 2. The van der Waals surface area contributed by atoms with Gasteiger partial charge in [0.25, 0.3) is 10.0 Å². The molecule has 2 aromatic carbocycles. The fourth-order valence-corrected chi connectivity index (χ4v) is 6.39. The molecule has 2 heterocycles. The SMILES string of the molecule is Cc1ccc(S(=O)(=O)n2nc(N3CCN(C(C)(CO)CO)CC34CC4)c3c(Cl)cccc32)cc1. The lowest BCUT2D eigenvalue weighted by Gasteiger charge is -2.49. The molecule has 2 fully saturated rings. The Labute approximate surface area is 204 Å². The number of aliphatic hydroxyl groups excluding tert-OH is 2. The topological polar surface area (TPSA) is 98.9 Å². The van der Waals surface area contributed by atoms with Crippen molar-refractivity contribution < 1.29 is 18.6 Å². The molecule has 182 valence electrons. The minimum Gasteiger partial charge on any atom is -0.394 e. The van der Waals surface area contributed by atoms with Crippen LogP contribution in [0, 0.1) is 6.92 Å². The molecule has 0 radical (unpaired) electrons. The molecule has 1 saturated heterocycles. The summed E-state index contributed by atoms with van der Waals surface area (Å²) in [5.74, 6) is 0.558. The zero-order chi connectivity index (χ0) is 24.3. The van der Waals surface area contributed by atoms with Crippen molar-refractivity contribution in [2.75, 3.05) is 37.7 Å². The number of piperazine rings is 1. The van der Waals surface area contributed by atoms with Gasteiger partial charge in [-0.15, -0.1) is 5.10 Å². The van der Waals surface area contributed by atoms with Crippen LogP contribution >= 0.6 is 11.6 Å². The number of halogens is 1. The van der Waals surface area contributed by atoms with Crippen LogP contribution in [-0.4, -0.2) is 76.6 Å². The zero-order valence-corrected chi connectivity index (χ0v) is 20.8. The molecule has 10 heteroatoms. The number of rotatable bonds is 6. The van der Waals surface area contributed by atoms with E-state index < -0.39 is 15.6 Å². The lowest BCUT2D eigenvalue weighted by molar-refractivity contribution is -0.0133. The van der Waals surface area contributed by atoms with Gasteiger partial charge < -0.3 is 15.1 Å². The van der Waals surface area contributed by atoms with Crippen molar-refractivity contribution >= 4 is 38.3 Å². The lowest BCUT2D eigenvalue weighted by atomic mass is 9.98. The number of anilines is 1. The Kier molecular flexibility index (Phi) is 5.69. The summed E-state index contributed by atoms with van der Waals surface area (Å²) in [5.41, 5.74) is 0.467. The summed E-state index contributed by atoms with van der Waals surface area (Å²) >= 11 is 6.62. The van der Waals surface area contributed by atoms with Gasteiger partial charge in [0.1, 0.15) is 0 Å². The minimum atomic E-state index is -3.93. The molecule has 2 aliphatic rings. The van der Waals surface area contributed by atoms with Gasteiger partial charge in [-0.05, 0) is 51.0 Å². The maximum atomic E-state index is 13.6. The van der Waals surface area contributed by atoms with Crippen LogP contribution in [0.25, 0.3) is 10.9 Å². The monoisotopic (exact) mass is 504 g/mol. The third kappa shape index (κ3) is 3.61. The van der Waals surface area contributed by atoms with E-state index in [0.717, 1.165) is 22.5 Å². The number of hydrogen-bond acceptors (Lipinski definition) is 7. The van der Waals surface area contributed by atoms with Crippen molar-refractivity contribution in [3.8, 4) is 0 Å². The zero-order valence-electron chi connectivity index (χ0n) is 19.3. The molecule has 34 heavy (non-hydrogen) atoms. The summed E-state index contributed by atoms with van der Waals surface area (Å²) < 4.78 is 28.3. The molecular weight excluding hydrogens is 476 g/mol. The van der Waals surface area contributed by atoms with E-state index in [0.29, 0.717) is 41.4 Å². The van der Waals surface area contributed by atoms with E-state index in [1.54, 1.807) is 42.5 Å². The summed E-state index contributed by atoms with van der Waals surface area (Å²) in [6.07, 6.45) is 1.83. The average Bonchev–Trinajstić information content (AvgIpc) is 3.47. The summed E-state index contributed by atoms with van der Waals surface area (Å²) in [5, 5.41) is 25.5. The van der Waals surface area contributed by atoms with E-state index in [-0.39, 0.29) is 23.6 Å². The Morgan fingerprint density at radius 2 is 1.76 bits per heavy atom. The highest BCUT2D eigenvalue weighted by atomic mass is 35.5. The quantitative estimate of drug-likeness (QED) is 0.532. The van der Waals surface area contributed by atoms with Gasteiger partial charge in [0.05, 0.1) is 45.1 Å². The molecule has 8 nitrogen and oxygen atoms in total. The van der Waals surface area contributed by atoms with Gasteiger partial charge >= 0.3 is 0 Å². The van der Waals surface area contributed by atoms with Crippen LogP contribution < -0.4 is 4.90 Å². The molecule has 3 aromatic rings. The maximum absolute atomic E-state index is 13.6. The molecule has 1 saturated carbocycles. The highest BCUT2D eigenvalue weighted by Gasteiger charge is 2.54. The Morgan fingerprint density at radius 1 is 1.09 bits per heavy atom. The van der Waals surface area contributed by atoms with Crippen molar-refractivity contribution in [1.29, 1.82) is 0 Å². The van der Waals surface area contributed by atoms with Gasteiger partial charge in [0.15, 0.2) is 5.82 Å². The van der Waals surface area contributed by atoms with Crippen molar-refractivity contribution in [2.24, 2.45) is 0 Å². The highest BCUT2D eigenvalue weighted by Crippen LogP contribution is 2.49. The molecule has 1 aromatic heterocycles. The van der Waals surface area contributed by atoms with E-state index in [4.69, 9.17) is 11.6 Å². The minimum absolute atomic E-state index is 0.141. The van der Waals surface area contributed by atoms with Crippen LogP contribution in [0.15, 0.2) is 47.4 Å². The number of hydrogen-bond donors (Lipinski definition) is 2. The summed E-state index contributed by atoms with van der Waals surface area (Å²) in [7, 11) is -3.93. The number of aryl methyl sites for hydroxylation is 1. The van der Waals surface area contributed by atoms with Gasteiger partial charge in [0, 0.05) is 19.6 Å². The van der Waals surface area contributed by atoms with Crippen LogP contribution in [0.2, 0.25) is 5.02 Å². The fourth-order valence-electron chi connectivity index (χ4n) is 4.86. The lowest BCUT2D eigenvalue weighted by Crippen LogP contribution is -2.63. The van der Waals surface area contributed by atoms with Gasteiger partial charge in [0.2, 0.25) is 0 Å². The molecule has 0 unspecified atom stereocenters. The second-order valence-electron chi connectivity index (χ2n) is 9.73. The molecule has 1 aliphatic carbocycles. The van der Waals surface area contributed by atoms with Crippen molar-refractivity contribution in [2.45, 2.75) is 42.7 Å². The molecule has 0 amide bonds. The third-order valence-corrected chi connectivity index (χ3v) is 9.25. The Hall–Kier alpha value is -2.17. The second-order valence-corrected chi connectivity index (χ2v) is 11.9. The molecule has 1 aliphatic heterocycles. The first-order chi connectivity index (χ1) is 16.1. The number of nitrogens with zero attached hydrogens (tertiary/aromatic N) is 4. The number of aliphatic hydroxyl groups is 2. The van der Waals surface area contributed by atoms with Crippen molar-refractivity contribution in [3.05, 3.63) is 53.1 Å². The summed E-state index contributed by atoms with van der Waals surface area (Å²) in [6.45, 7) is 5.31. The molecular formula is C24H29ClN4O4S. The van der Waals surface area contributed by atoms with Crippen LogP contribution in [0.4, 0.5) is 5.82 Å². The fraction of sp³-hybridized carbons (Fsp3) is 0.458. The highest BCUT2D eigenvalue weighted by molar-refractivity contribution is 7.90. The van der Waals surface area contributed by atoms with Gasteiger partial charge in [-0.2, -0.15) is 12.5 Å². The molecule has 2 N–H and O–H groups in total. The van der Waals surface area contributed by atoms with Gasteiger partial charge in [-0.1, -0.05) is 35.4 Å². The Bertz CT molecular complexity index is 1330. The normalized spacial score (nSPS) is 18.7. The van der Waals surface area contributed by atoms with Crippen molar-refractivity contribution in [1.82, 2.24) is 14.1 Å². The third-order valence-electron chi connectivity index (χ3n) is 7.33. The Balaban J connectivity index is 1.60. The molecule has 0 bridgehead atoms. The molecule has 1 spiro atoms. The average molecular weight is 505 g/mol. The summed E-state index contributed by atoms with van der Waals surface area (Å²) in [6, 6.07) is 11.9. The smallest absolute Gasteiger partial charge is 0.283 e. The maximum Gasteiger partial charge on any atom is 0.283 e. The molecule has 5 rings (SSSR count). The Morgan fingerprint density at radius 3 is 2.38 bits per heavy atom. The van der Waals surface area contributed by atoms with E-state index >= 15 is 0 Å². The standard InChI is InChI=1S/C24H29ClN4O4S/c1-17-6-8-18(9-7-17)34(32,33)29-20-5-3-4-19(25)21(20)22(26-29)28-13-12-27(14-24(28)10-11-24)23(2,15-30)16-31/h3-9,30-31H,10-16H2,1-2H3. The van der Waals surface area contributed by atoms with Gasteiger partial charge in [-0.25, -0.2) is 0 Å². The largest absolute Gasteiger partial charge is 0.394 e. The van der Waals surface area contributed by atoms with Crippen molar-refractivity contribution in [3.63, 3.8) is 0 Å². The van der Waals surface area contributed by atoms with E-state index in [1.807, 2.05) is 13.8 Å². The van der Waals surface area contributed by atoms with E-state index in [9.17, 15) is 18.6 Å². The molecule has 0 atom stereocenters. The predicted octanol–water partition coefficient (Wildman–Crippen LogP) is 2.63. The van der Waals surface area contributed by atoms with Crippen LogP contribution in [0.1, 0.15) is 25.3 Å². The number of fused-ring (bicyclic) bond motifs is 1. The van der Waals surface area contributed by atoms with E-state index in [1.165, 1.54) is 0 Å². The first-order valence-electron chi connectivity index (χ1n) is 11.4.